The molecule has 1 saturated carbocycles. The fraction of sp³-hybridized carbons (Fsp3) is 0.571. The molecule has 0 aliphatic heterocycles. The number of hydrogen-bond donors (Lipinski definition) is 1. The fourth-order valence-electron chi connectivity index (χ4n) is 2.50. The van der Waals surface area contributed by atoms with E-state index in [0.29, 0.717) is 13.0 Å². The summed E-state index contributed by atoms with van der Waals surface area (Å²) in [6.45, 7) is 2.62. The summed E-state index contributed by atoms with van der Waals surface area (Å²) >= 11 is 0. The molecule has 1 fully saturated rings. The number of aliphatic hydroxyl groups is 1. The molecular weight excluding hydrogens is 238 g/mol. The van der Waals surface area contributed by atoms with Gasteiger partial charge in [-0.2, -0.15) is 0 Å². The van der Waals surface area contributed by atoms with Gasteiger partial charge in [-0.3, -0.25) is 0 Å². The normalized spacial score (nSPS) is 24.7. The topological polar surface area (TPSA) is 29.5 Å². The number of aliphatic hydroxyl groups excluding tert-OH is 1. The van der Waals surface area contributed by atoms with Gasteiger partial charge in [-0.05, 0) is 44.2 Å². The van der Waals surface area contributed by atoms with E-state index in [1.54, 1.807) is 0 Å². The van der Waals surface area contributed by atoms with Gasteiger partial charge in [0.05, 0.1) is 17.8 Å². The summed E-state index contributed by atoms with van der Waals surface area (Å²) in [5.41, 5.74) is -0.211. The zero-order chi connectivity index (χ0) is 13.1. The molecule has 1 atom stereocenters. The Morgan fingerprint density at radius 3 is 2.50 bits per heavy atom. The van der Waals surface area contributed by atoms with Crippen LogP contribution in [-0.4, -0.2) is 17.8 Å². The van der Waals surface area contributed by atoms with Crippen LogP contribution in [0.3, 0.4) is 0 Å². The van der Waals surface area contributed by atoms with E-state index >= 15 is 0 Å². The average Bonchev–Trinajstić information content (AvgIpc) is 2.26. The summed E-state index contributed by atoms with van der Waals surface area (Å²) in [7, 11) is 0. The van der Waals surface area contributed by atoms with Crippen LogP contribution in [0.2, 0.25) is 0 Å². The molecule has 0 aromatic heterocycles. The maximum atomic E-state index is 13.4. The minimum atomic E-state index is -1.07. The predicted octanol–water partition coefficient (Wildman–Crippen LogP) is 3.20. The zero-order valence-electron chi connectivity index (χ0n) is 10.4. The summed E-state index contributed by atoms with van der Waals surface area (Å²) < 4.78 is 32.3. The lowest BCUT2D eigenvalue weighted by molar-refractivity contribution is -0.0385. The average molecular weight is 256 g/mol. The van der Waals surface area contributed by atoms with Crippen LogP contribution in [0.15, 0.2) is 18.2 Å². The minimum absolute atomic E-state index is 0.211. The van der Waals surface area contributed by atoms with Crippen LogP contribution in [0, 0.1) is 17.6 Å². The summed E-state index contributed by atoms with van der Waals surface area (Å²) in [4.78, 5) is 0. The molecule has 0 radical (unpaired) electrons. The van der Waals surface area contributed by atoms with Crippen LogP contribution in [-0.2, 0) is 4.74 Å². The summed E-state index contributed by atoms with van der Waals surface area (Å²) in [6.07, 6.45) is 1.29. The Balaban J connectivity index is 1.91. The van der Waals surface area contributed by atoms with Gasteiger partial charge >= 0.3 is 0 Å². The molecule has 18 heavy (non-hydrogen) atoms. The van der Waals surface area contributed by atoms with Crippen molar-refractivity contribution < 1.29 is 18.6 Å². The van der Waals surface area contributed by atoms with Gasteiger partial charge in [0.2, 0.25) is 0 Å². The van der Waals surface area contributed by atoms with E-state index in [9.17, 15) is 13.9 Å². The summed E-state index contributed by atoms with van der Waals surface area (Å²) in [5.74, 6) is -1.07. The van der Waals surface area contributed by atoms with E-state index < -0.39 is 17.7 Å². The Morgan fingerprint density at radius 1 is 1.33 bits per heavy atom. The molecule has 2 rings (SSSR count). The number of benzene rings is 1. The molecule has 1 aromatic carbocycles. The third kappa shape index (κ3) is 2.87. The van der Waals surface area contributed by atoms with Crippen molar-refractivity contribution in [3.63, 3.8) is 0 Å². The lowest BCUT2D eigenvalue weighted by Crippen LogP contribution is -2.32. The highest BCUT2D eigenvalue weighted by atomic mass is 19.1. The van der Waals surface area contributed by atoms with Gasteiger partial charge < -0.3 is 9.84 Å². The van der Waals surface area contributed by atoms with Crippen molar-refractivity contribution in [1.29, 1.82) is 0 Å². The van der Waals surface area contributed by atoms with Crippen molar-refractivity contribution in [2.24, 2.45) is 5.92 Å². The number of rotatable bonds is 5. The monoisotopic (exact) mass is 256 g/mol. The first-order valence-electron chi connectivity index (χ1n) is 6.35. The molecule has 0 amide bonds. The van der Waals surface area contributed by atoms with Crippen LogP contribution < -0.4 is 0 Å². The molecule has 4 heteroatoms. The van der Waals surface area contributed by atoms with Gasteiger partial charge in [0.25, 0.3) is 0 Å². The van der Waals surface area contributed by atoms with Crippen LogP contribution in [0.25, 0.3) is 0 Å². The highest BCUT2D eigenvalue weighted by molar-refractivity contribution is 5.22. The van der Waals surface area contributed by atoms with Crippen molar-refractivity contribution in [2.75, 3.05) is 6.61 Å². The fourth-order valence-corrected chi connectivity index (χ4v) is 2.50. The van der Waals surface area contributed by atoms with Crippen molar-refractivity contribution in [3.8, 4) is 0 Å². The van der Waals surface area contributed by atoms with Crippen LogP contribution in [0.1, 0.15) is 37.9 Å². The molecule has 2 nitrogen and oxygen atoms in total. The quantitative estimate of drug-likeness (QED) is 0.876. The van der Waals surface area contributed by atoms with Gasteiger partial charge in [-0.25, -0.2) is 8.78 Å². The number of ether oxygens (including phenoxy) is 1. The van der Waals surface area contributed by atoms with Gasteiger partial charge in [0.15, 0.2) is 0 Å². The maximum Gasteiger partial charge on any atom is 0.131 e. The lowest BCUT2D eigenvalue weighted by Gasteiger charge is -2.36. The van der Waals surface area contributed by atoms with Gasteiger partial charge in [0, 0.05) is 6.61 Å². The molecular formula is C14H18F2O2. The van der Waals surface area contributed by atoms with Crippen LogP contribution >= 0.6 is 0 Å². The second kappa shape index (κ2) is 5.76. The zero-order valence-corrected chi connectivity index (χ0v) is 10.4. The maximum absolute atomic E-state index is 13.4. The molecule has 0 heterocycles. The molecule has 0 saturated heterocycles. The molecule has 0 bridgehead atoms. The smallest absolute Gasteiger partial charge is 0.131 e. The SMILES string of the molecule is CCOC1CC(CC(O)c2c(F)cccc2F)C1. The number of hydrogen-bond acceptors (Lipinski definition) is 2. The Hall–Kier alpha value is -1.00. The first kappa shape index (κ1) is 13.4. The highest BCUT2D eigenvalue weighted by Gasteiger charge is 2.32. The van der Waals surface area contributed by atoms with Crippen molar-refractivity contribution >= 4 is 0 Å². The van der Waals surface area contributed by atoms with E-state index in [0.717, 1.165) is 12.8 Å². The van der Waals surface area contributed by atoms with Crippen molar-refractivity contribution in [2.45, 2.75) is 38.4 Å². The minimum Gasteiger partial charge on any atom is -0.388 e. The van der Waals surface area contributed by atoms with Gasteiger partial charge in [-0.1, -0.05) is 6.07 Å². The van der Waals surface area contributed by atoms with Gasteiger partial charge in [0.1, 0.15) is 11.6 Å². The number of halogens is 2. The van der Waals surface area contributed by atoms with E-state index in [2.05, 4.69) is 0 Å². The van der Waals surface area contributed by atoms with E-state index in [1.165, 1.54) is 18.2 Å². The molecule has 100 valence electrons. The van der Waals surface area contributed by atoms with Crippen molar-refractivity contribution in [1.82, 2.24) is 0 Å². The second-order valence-corrected chi connectivity index (χ2v) is 4.80. The predicted molar refractivity (Wildman–Crippen MR) is 64.1 cm³/mol. The molecule has 1 aliphatic carbocycles. The molecule has 1 aromatic rings. The van der Waals surface area contributed by atoms with Gasteiger partial charge in [-0.15, -0.1) is 0 Å². The molecule has 1 N–H and O–H groups in total. The summed E-state index contributed by atoms with van der Waals surface area (Å²) in [6, 6.07) is 3.65. The third-order valence-electron chi connectivity index (χ3n) is 3.48. The largest absolute Gasteiger partial charge is 0.388 e. The lowest BCUT2D eigenvalue weighted by atomic mass is 9.78. The Bertz CT molecular complexity index is 383. The Kier molecular flexibility index (Phi) is 4.30. The molecule has 0 spiro atoms. The second-order valence-electron chi connectivity index (χ2n) is 4.80. The van der Waals surface area contributed by atoms with Crippen molar-refractivity contribution in [3.05, 3.63) is 35.4 Å². The van der Waals surface area contributed by atoms with Crippen LogP contribution in [0.5, 0.6) is 0 Å². The van der Waals surface area contributed by atoms with E-state index in [-0.39, 0.29) is 17.6 Å². The van der Waals surface area contributed by atoms with E-state index in [1.807, 2.05) is 6.92 Å². The molecule has 1 unspecified atom stereocenters. The first-order chi connectivity index (χ1) is 8.61. The third-order valence-corrected chi connectivity index (χ3v) is 3.48. The Morgan fingerprint density at radius 2 is 1.94 bits per heavy atom. The first-order valence-corrected chi connectivity index (χ1v) is 6.35. The van der Waals surface area contributed by atoms with Crippen LogP contribution in [0.4, 0.5) is 8.78 Å². The Labute approximate surface area is 106 Å². The standard InChI is InChI=1S/C14H18F2O2/c1-2-18-10-6-9(7-10)8-13(17)14-11(15)4-3-5-12(14)16/h3-5,9-10,13,17H,2,6-8H2,1H3. The highest BCUT2D eigenvalue weighted by Crippen LogP contribution is 2.37. The molecule has 1 aliphatic rings. The summed E-state index contributed by atoms with van der Waals surface area (Å²) in [5, 5.41) is 9.91. The van der Waals surface area contributed by atoms with E-state index in [4.69, 9.17) is 4.74 Å².